The second-order valence-electron chi connectivity index (χ2n) is 8.46. The van der Waals surface area contributed by atoms with Crippen LogP contribution in [0.25, 0.3) is 38.4 Å². The highest BCUT2D eigenvalue weighted by Gasteiger charge is 2.22. The normalized spacial score (nSPS) is 15.1. The van der Waals surface area contributed by atoms with Crippen LogP contribution in [0.1, 0.15) is 30.4 Å². The Morgan fingerprint density at radius 2 is 1.72 bits per heavy atom. The first-order valence-electron chi connectivity index (χ1n) is 10.9. The topological polar surface area (TPSA) is 65.1 Å². The van der Waals surface area contributed by atoms with Gasteiger partial charge in [-0.15, -0.1) is 0 Å². The zero-order valence-corrected chi connectivity index (χ0v) is 17.4. The van der Waals surface area contributed by atoms with Gasteiger partial charge >= 0.3 is 5.56 Å². The summed E-state index contributed by atoms with van der Waals surface area (Å²) >= 11 is 0. The fourth-order valence-electron chi connectivity index (χ4n) is 5.21. The Bertz CT molecular complexity index is 1570. The van der Waals surface area contributed by atoms with Crippen molar-refractivity contribution in [2.75, 3.05) is 0 Å². The van der Waals surface area contributed by atoms with Crippen molar-refractivity contribution in [3.05, 3.63) is 110 Å². The molecule has 156 valence electrons. The molecule has 0 fully saturated rings. The highest BCUT2D eigenvalue weighted by Crippen LogP contribution is 2.40. The summed E-state index contributed by atoms with van der Waals surface area (Å²) in [5, 5.41) is 14.0. The van der Waals surface area contributed by atoms with Crippen molar-refractivity contribution in [1.82, 2.24) is 4.68 Å². The number of pyridine rings is 1. The summed E-state index contributed by atoms with van der Waals surface area (Å²) in [4.78, 5) is 24.9. The number of fused-ring (bicyclic) bond motifs is 5. The van der Waals surface area contributed by atoms with Gasteiger partial charge in [-0.25, -0.2) is 10.1 Å². The summed E-state index contributed by atoms with van der Waals surface area (Å²) in [5.41, 5.74) is 6.17. The number of nitro groups is 1. The van der Waals surface area contributed by atoms with Crippen molar-refractivity contribution in [1.29, 1.82) is 0 Å². The first-order valence-corrected chi connectivity index (χ1v) is 10.9. The lowest BCUT2D eigenvalue weighted by Gasteiger charge is -2.25. The third kappa shape index (κ3) is 2.74. The van der Waals surface area contributed by atoms with Crippen LogP contribution >= 0.6 is 0 Å². The van der Waals surface area contributed by atoms with E-state index in [1.54, 1.807) is 24.3 Å². The van der Waals surface area contributed by atoms with Gasteiger partial charge in [0.2, 0.25) is 0 Å². The number of aromatic nitrogens is 1. The Labute approximate surface area is 184 Å². The van der Waals surface area contributed by atoms with E-state index in [1.165, 1.54) is 22.3 Å². The molecule has 5 heteroatoms. The molecule has 0 radical (unpaired) electrons. The maximum absolute atomic E-state index is 13.1. The van der Waals surface area contributed by atoms with Crippen molar-refractivity contribution in [3.63, 3.8) is 0 Å². The van der Waals surface area contributed by atoms with E-state index in [-0.39, 0.29) is 0 Å². The molecule has 0 unspecified atom stereocenters. The third-order valence-corrected chi connectivity index (χ3v) is 6.74. The minimum Gasteiger partial charge on any atom is -0.262 e. The molecule has 2 aliphatic rings. The molecule has 0 saturated carbocycles. The molecule has 0 bridgehead atoms. The smallest absolute Gasteiger partial charge is 0.262 e. The highest BCUT2D eigenvalue weighted by atomic mass is 16.7. The van der Waals surface area contributed by atoms with Crippen molar-refractivity contribution >= 4 is 27.2 Å². The predicted octanol–water partition coefficient (Wildman–Crippen LogP) is 5.91. The number of benzene rings is 3. The number of hydrogen-bond acceptors (Lipinski definition) is 3. The molecule has 1 heterocycles. The zero-order valence-electron chi connectivity index (χ0n) is 17.4. The van der Waals surface area contributed by atoms with Crippen LogP contribution in [0.5, 0.6) is 0 Å². The number of rotatable bonds is 2. The zero-order chi connectivity index (χ0) is 21.8. The summed E-state index contributed by atoms with van der Waals surface area (Å²) in [5.74, 6) is 0. The van der Waals surface area contributed by atoms with Gasteiger partial charge in [0.25, 0.3) is 0 Å². The maximum atomic E-state index is 13.1. The van der Waals surface area contributed by atoms with E-state index < -0.39 is 10.6 Å². The average molecular weight is 420 g/mol. The van der Waals surface area contributed by atoms with E-state index in [9.17, 15) is 14.9 Å². The van der Waals surface area contributed by atoms with E-state index in [0.29, 0.717) is 26.7 Å². The van der Waals surface area contributed by atoms with Gasteiger partial charge in [0.05, 0.1) is 5.56 Å². The van der Waals surface area contributed by atoms with E-state index in [2.05, 4.69) is 24.3 Å². The molecule has 3 aromatic carbocycles. The number of aryl methyl sites for hydroxylation is 1. The fourth-order valence-corrected chi connectivity index (χ4v) is 5.21. The standard InChI is InChI=1S/C27H20N2O3/c30-27-25(16-20-6-2-4-8-26(20)28(27)29(31)32)19-10-9-18-12-13-22-21-7-3-1-5-17(21)11-14-23(22)24(18)15-19/h2-4,6-10,12-13,15-16H,1,5,11,14H2. The minimum atomic E-state index is -0.638. The first-order chi connectivity index (χ1) is 15.6. The molecule has 1 aromatic heterocycles. The maximum Gasteiger partial charge on any atom is 0.320 e. The Morgan fingerprint density at radius 1 is 0.875 bits per heavy atom. The van der Waals surface area contributed by atoms with Crippen molar-refractivity contribution in [2.45, 2.75) is 25.7 Å². The van der Waals surface area contributed by atoms with Gasteiger partial charge in [-0.05, 0) is 81.6 Å². The second-order valence-corrected chi connectivity index (χ2v) is 8.46. The molecule has 0 aliphatic heterocycles. The largest absolute Gasteiger partial charge is 0.320 e. The summed E-state index contributed by atoms with van der Waals surface area (Å²) in [6.07, 6.45) is 8.74. The Balaban J connectivity index is 1.61. The van der Waals surface area contributed by atoms with Gasteiger partial charge < -0.3 is 0 Å². The Kier molecular flexibility index (Phi) is 4.12. The molecule has 6 rings (SSSR count). The SMILES string of the molecule is O=c1c(-c2ccc3ccc4c(c3c2)CCC2=C4C=CCC2)cc2ccccc2n1[N+](=O)[O-]. The molecular formula is C27H20N2O3. The van der Waals surface area contributed by atoms with E-state index in [4.69, 9.17) is 0 Å². The molecule has 0 amide bonds. The lowest BCUT2D eigenvalue weighted by molar-refractivity contribution is -0.540. The van der Waals surface area contributed by atoms with Gasteiger partial charge in [-0.2, -0.15) is 0 Å². The van der Waals surface area contributed by atoms with E-state index in [0.717, 1.165) is 36.5 Å². The van der Waals surface area contributed by atoms with Gasteiger partial charge in [0, 0.05) is 5.39 Å². The van der Waals surface area contributed by atoms with Crippen LogP contribution in [0, 0.1) is 10.1 Å². The molecule has 2 aliphatic carbocycles. The molecule has 0 spiro atoms. The quantitative estimate of drug-likeness (QED) is 0.299. The minimum absolute atomic E-state index is 0.299. The van der Waals surface area contributed by atoms with Gasteiger partial charge in [0.1, 0.15) is 5.52 Å². The van der Waals surface area contributed by atoms with E-state index in [1.807, 2.05) is 24.3 Å². The van der Waals surface area contributed by atoms with Crippen LogP contribution in [0.4, 0.5) is 0 Å². The fraction of sp³-hybridized carbons (Fsp3) is 0.148. The summed E-state index contributed by atoms with van der Waals surface area (Å²) in [6, 6.07) is 18.9. The highest BCUT2D eigenvalue weighted by molar-refractivity contribution is 5.96. The Hall–Kier alpha value is -3.99. The van der Waals surface area contributed by atoms with Crippen LogP contribution in [0.3, 0.4) is 0 Å². The van der Waals surface area contributed by atoms with Gasteiger partial charge in [0.15, 0.2) is 5.03 Å². The van der Waals surface area contributed by atoms with Crippen LogP contribution in [0.15, 0.2) is 83.2 Å². The van der Waals surface area contributed by atoms with Crippen LogP contribution in [0.2, 0.25) is 0 Å². The lowest BCUT2D eigenvalue weighted by atomic mass is 9.79. The molecule has 5 nitrogen and oxygen atoms in total. The number of allylic oxidation sites excluding steroid dienone is 4. The van der Waals surface area contributed by atoms with Crippen LogP contribution in [-0.4, -0.2) is 9.71 Å². The molecule has 4 aromatic rings. The molecule has 32 heavy (non-hydrogen) atoms. The monoisotopic (exact) mass is 420 g/mol. The summed E-state index contributed by atoms with van der Waals surface area (Å²) in [7, 11) is 0. The number of hydrogen-bond donors (Lipinski definition) is 0. The third-order valence-electron chi connectivity index (χ3n) is 6.74. The second kappa shape index (κ2) is 7.02. The number of nitrogens with zero attached hydrogens (tertiary/aromatic N) is 2. The van der Waals surface area contributed by atoms with Crippen molar-refractivity contribution in [3.8, 4) is 11.1 Å². The molecule has 0 atom stereocenters. The van der Waals surface area contributed by atoms with Crippen LogP contribution < -0.4 is 5.56 Å². The van der Waals surface area contributed by atoms with Crippen LogP contribution in [-0.2, 0) is 6.42 Å². The first kappa shape index (κ1) is 18.8. The number of para-hydroxylation sites is 1. The van der Waals surface area contributed by atoms with E-state index >= 15 is 0 Å². The molecule has 0 saturated heterocycles. The Morgan fingerprint density at radius 3 is 2.59 bits per heavy atom. The lowest BCUT2D eigenvalue weighted by Crippen LogP contribution is -2.27. The van der Waals surface area contributed by atoms with Crippen molar-refractivity contribution in [2.24, 2.45) is 0 Å². The van der Waals surface area contributed by atoms with Gasteiger partial charge in [-0.3, -0.25) is 4.79 Å². The molecule has 0 N–H and O–H groups in total. The van der Waals surface area contributed by atoms with Gasteiger partial charge in [-0.1, -0.05) is 60.2 Å². The summed E-state index contributed by atoms with van der Waals surface area (Å²) in [6.45, 7) is 0. The molecular weight excluding hydrogens is 400 g/mol. The average Bonchev–Trinajstić information content (AvgIpc) is 2.82. The summed E-state index contributed by atoms with van der Waals surface area (Å²) < 4.78 is 0.652. The van der Waals surface area contributed by atoms with Crippen molar-refractivity contribution < 1.29 is 5.03 Å². The predicted molar refractivity (Wildman–Crippen MR) is 127 cm³/mol.